The van der Waals surface area contributed by atoms with E-state index in [2.05, 4.69) is 22.8 Å². The number of guanidine groups is 1. The second-order valence-corrected chi connectivity index (χ2v) is 7.48. The fourth-order valence-corrected chi connectivity index (χ4v) is 3.93. The Balaban J connectivity index is 1.57. The number of thioether (sulfide) groups is 1. The predicted molar refractivity (Wildman–Crippen MR) is 108 cm³/mol. The van der Waals surface area contributed by atoms with Crippen LogP contribution in [0.2, 0.25) is 0 Å². The number of furan rings is 1. The van der Waals surface area contributed by atoms with Crippen molar-refractivity contribution in [2.75, 3.05) is 25.2 Å². The quantitative estimate of drug-likeness (QED) is 0.575. The number of benzene rings is 1. The Kier molecular flexibility index (Phi) is 7.31. The van der Waals surface area contributed by atoms with Crippen molar-refractivity contribution in [3.63, 3.8) is 0 Å². The monoisotopic (exact) mass is 373 g/mol. The largest absolute Gasteiger partial charge is 0.497 e. The summed E-state index contributed by atoms with van der Waals surface area (Å²) in [4.78, 5) is 4.78. The van der Waals surface area contributed by atoms with Crippen LogP contribution in [0.25, 0.3) is 0 Å². The maximum absolute atomic E-state index is 5.40. The maximum atomic E-state index is 5.40. The average molecular weight is 374 g/mol. The Morgan fingerprint density at radius 2 is 2.19 bits per heavy atom. The van der Waals surface area contributed by atoms with Gasteiger partial charge < -0.3 is 19.8 Å². The molecule has 0 radical (unpaired) electrons. The highest BCUT2D eigenvalue weighted by Crippen LogP contribution is 2.17. The van der Waals surface area contributed by atoms with E-state index >= 15 is 0 Å². The van der Waals surface area contributed by atoms with Crippen LogP contribution >= 0.6 is 11.8 Å². The molecule has 1 atom stereocenters. The van der Waals surface area contributed by atoms with Gasteiger partial charge in [0.15, 0.2) is 5.96 Å². The number of hydrogen-bond donors (Lipinski definition) is 2. The van der Waals surface area contributed by atoms with E-state index in [1.165, 1.54) is 18.6 Å². The van der Waals surface area contributed by atoms with Gasteiger partial charge in [0.25, 0.3) is 0 Å². The molecule has 0 aliphatic carbocycles. The van der Waals surface area contributed by atoms with E-state index < -0.39 is 0 Å². The third-order valence-corrected chi connectivity index (χ3v) is 5.54. The lowest BCUT2D eigenvalue weighted by molar-refractivity contribution is 0.414. The second kappa shape index (κ2) is 10.2. The van der Waals surface area contributed by atoms with Crippen LogP contribution in [-0.4, -0.2) is 37.2 Å². The molecule has 1 aromatic heterocycles. The minimum absolute atomic E-state index is 0.486. The highest BCUT2D eigenvalue weighted by molar-refractivity contribution is 7.99. The smallest absolute Gasteiger partial charge is 0.191 e. The van der Waals surface area contributed by atoms with E-state index in [9.17, 15) is 0 Å². The molecule has 2 heterocycles. The summed E-state index contributed by atoms with van der Waals surface area (Å²) in [6.45, 7) is 1.43. The molecule has 0 saturated carbocycles. The number of aliphatic imine (C=N–C) groups is 1. The summed E-state index contributed by atoms with van der Waals surface area (Å²) < 4.78 is 10.6. The number of nitrogens with one attached hydrogen (secondary N) is 2. The molecule has 5 nitrogen and oxygen atoms in total. The fraction of sp³-hybridized carbons (Fsp3) is 0.450. The van der Waals surface area contributed by atoms with Gasteiger partial charge in [-0.2, -0.15) is 11.8 Å². The third kappa shape index (κ3) is 6.02. The Morgan fingerprint density at radius 3 is 2.88 bits per heavy atom. The normalized spacial score (nSPS) is 17.7. The molecule has 0 bridgehead atoms. The van der Waals surface area contributed by atoms with Crippen LogP contribution in [-0.2, 0) is 13.0 Å². The summed E-state index contributed by atoms with van der Waals surface area (Å²) in [5, 5.41) is 7.03. The molecule has 1 saturated heterocycles. The minimum Gasteiger partial charge on any atom is -0.497 e. The summed E-state index contributed by atoms with van der Waals surface area (Å²) in [5.41, 5.74) is 1.16. The molecule has 2 aromatic rings. The van der Waals surface area contributed by atoms with Gasteiger partial charge in [0.05, 0.1) is 19.9 Å². The van der Waals surface area contributed by atoms with E-state index in [1.54, 1.807) is 13.4 Å². The molecule has 6 heteroatoms. The van der Waals surface area contributed by atoms with E-state index in [4.69, 9.17) is 14.1 Å². The molecule has 3 rings (SSSR count). The molecule has 0 amide bonds. The molecule has 1 unspecified atom stereocenters. The number of ether oxygens (including phenoxy) is 1. The summed E-state index contributed by atoms with van der Waals surface area (Å²) >= 11 is 2.01. The van der Waals surface area contributed by atoms with Crippen molar-refractivity contribution >= 4 is 17.7 Å². The van der Waals surface area contributed by atoms with E-state index in [1.807, 2.05) is 36.0 Å². The summed E-state index contributed by atoms with van der Waals surface area (Å²) in [6.07, 6.45) is 5.02. The molecule has 1 aromatic carbocycles. The highest BCUT2D eigenvalue weighted by atomic mass is 32.2. The van der Waals surface area contributed by atoms with E-state index in [-0.39, 0.29) is 0 Å². The van der Waals surface area contributed by atoms with Crippen molar-refractivity contribution in [2.24, 2.45) is 4.99 Å². The molecule has 2 N–H and O–H groups in total. The van der Waals surface area contributed by atoms with E-state index in [0.29, 0.717) is 12.6 Å². The lowest BCUT2D eigenvalue weighted by atomic mass is 10.2. The topological polar surface area (TPSA) is 58.8 Å². The summed E-state index contributed by atoms with van der Waals surface area (Å²) in [6, 6.07) is 12.5. The molecular formula is C20H27N3O2S. The van der Waals surface area contributed by atoms with Gasteiger partial charge in [-0.1, -0.05) is 12.1 Å². The Labute approximate surface area is 159 Å². The lowest BCUT2D eigenvalue weighted by Gasteiger charge is -2.24. The standard InChI is InChI=1S/C20H27N3O2S/c1-24-18-8-6-16(7-9-18)14-22-20(23-17-4-3-13-26-15-17)21-11-10-19-5-2-12-25-19/h2,5-9,12,17H,3-4,10-11,13-15H2,1H3,(H2,21,22,23). The van der Waals surface area contributed by atoms with Crippen LogP contribution in [0.15, 0.2) is 52.1 Å². The van der Waals surface area contributed by atoms with Crippen LogP contribution in [0.3, 0.4) is 0 Å². The van der Waals surface area contributed by atoms with Gasteiger partial charge in [-0.25, -0.2) is 4.99 Å². The van der Waals surface area contributed by atoms with Gasteiger partial charge in [0.2, 0.25) is 0 Å². The van der Waals surface area contributed by atoms with Gasteiger partial charge in [-0.3, -0.25) is 0 Å². The van der Waals surface area contributed by atoms with Gasteiger partial charge in [0.1, 0.15) is 11.5 Å². The van der Waals surface area contributed by atoms with Crippen molar-refractivity contribution < 1.29 is 9.15 Å². The number of methoxy groups -OCH3 is 1. The molecule has 1 aliphatic heterocycles. The van der Waals surface area contributed by atoms with Gasteiger partial charge >= 0.3 is 0 Å². The van der Waals surface area contributed by atoms with Crippen LogP contribution in [0, 0.1) is 0 Å². The van der Waals surface area contributed by atoms with Crippen LogP contribution in [0.4, 0.5) is 0 Å². The second-order valence-electron chi connectivity index (χ2n) is 6.33. The van der Waals surface area contributed by atoms with Crippen LogP contribution in [0.5, 0.6) is 5.75 Å². The molecule has 0 spiro atoms. The first-order valence-corrected chi connectivity index (χ1v) is 10.3. The fourth-order valence-electron chi connectivity index (χ4n) is 2.86. The van der Waals surface area contributed by atoms with E-state index in [0.717, 1.165) is 41.8 Å². The van der Waals surface area contributed by atoms with Crippen molar-refractivity contribution in [1.29, 1.82) is 0 Å². The van der Waals surface area contributed by atoms with Crippen molar-refractivity contribution in [3.05, 3.63) is 54.0 Å². The molecule has 1 aliphatic rings. The van der Waals surface area contributed by atoms with Crippen molar-refractivity contribution in [2.45, 2.75) is 31.8 Å². The Hall–Kier alpha value is -2.08. The zero-order valence-corrected chi connectivity index (χ0v) is 16.1. The number of nitrogens with zero attached hydrogens (tertiary/aromatic N) is 1. The van der Waals surface area contributed by atoms with Gasteiger partial charge in [-0.05, 0) is 48.4 Å². The van der Waals surface area contributed by atoms with Crippen LogP contribution < -0.4 is 15.4 Å². The van der Waals surface area contributed by atoms with Crippen molar-refractivity contribution in [1.82, 2.24) is 10.6 Å². The molecule has 140 valence electrons. The maximum Gasteiger partial charge on any atom is 0.191 e. The predicted octanol–water partition coefficient (Wildman–Crippen LogP) is 3.46. The molecule has 26 heavy (non-hydrogen) atoms. The molecular weight excluding hydrogens is 346 g/mol. The van der Waals surface area contributed by atoms with Crippen molar-refractivity contribution in [3.8, 4) is 5.75 Å². The van der Waals surface area contributed by atoms with Crippen LogP contribution in [0.1, 0.15) is 24.2 Å². The Bertz CT molecular complexity index is 665. The first-order valence-electron chi connectivity index (χ1n) is 9.11. The van der Waals surface area contributed by atoms with Gasteiger partial charge in [-0.15, -0.1) is 0 Å². The van der Waals surface area contributed by atoms with Gasteiger partial charge in [0, 0.05) is 24.8 Å². The zero-order chi connectivity index (χ0) is 18.0. The number of hydrogen-bond acceptors (Lipinski definition) is 4. The molecule has 1 fully saturated rings. The summed E-state index contributed by atoms with van der Waals surface area (Å²) in [5.74, 6) is 5.14. The first-order chi connectivity index (χ1) is 12.8. The zero-order valence-electron chi connectivity index (χ0n) is 15.2. The SMILES string of the molecule is COc1ccc(CN=C(NCCc2ccco2)NC2CCCSC2)cc1. The Morgan fingerprint density at radius 1 is 1.31 bits per heavy atom. The summed E-state index contributed by atoms with van der Waals surface area (Å²) in [7, 11) is 1.68. The average Bonchev–Trinajstić information content (AvgIpc) is 3.21. The lowest BCUT2D eigenvalue weighted by Crippen LogP contribution is -2.46. The number of rotatable bonds is 7. The highest BCUT2D eigenvalue weighted by Gasteiger charge is 2.15. The first kappa shape index (κ1) is 18.7. The minimum atomic E-state index is 0.486. The third-order valence-electron chi connectivity index (χ3n) is 4.32.